The second-order valence-corrected chi connectivity index (χ2v) is 9.24. The van der Waals surface area contributed by atoms with Gasteiger partial charge in [-0.2, -0.15) is 0 Å². The van der Waals surface area contributed by atoms with Crippen LogP contribution in [0, 0.1) is 6.92 Å². The minimum atomic E-state index is -0.246. The van der Waals surface area contributed by atoms with Gasteiger partial charge in [-0.05, 0) is 48.6 Å². The first kappa shape index (κ1) is 22.2. The highest BCUT2D eigenvalue weighted by Gasteiger charge is 2.18. The average Bonchev–Trinajstić information content (AvgIpc) is 3.13. The largest absolute Gasteiger partial charge is 0.324 e. The van der Waals surface area contributed by atoms with Crippen LogP contribution in [0.4, 0.5) is 5.69 Å². The van der Waals surface area contributed by atoms with Crippen LogP contribution in [0.2, 0.25) is 5.02 Å². The number of anilines is 1. The SMILES string of the molecule is CCc1cccc(CC)c1NC(=O)Cn1cnc2sc(C)c(-c3ccc(Cl)cc3)c2c1=O. The molecule has 0 aliphatic heterocycles. The van der Waals surface area contributed by atoms with Crippen LogP contribution in [0.1, 0.15) is 29.9 Å². The van der Waals surface area contributed by atoms with Gasteiger partial charge >= 0.3 is 0 Å². The molecule has 5 nitrogen and oxygen atoms in total. The van der Waals surface area contributed by atoms with Gasteiger partial charge in [0.15, 0.2) is 0 Å². The number of fused-ring (bicyclic) bond motifs is 1. The predicted molar refractivity (Wildman–Crippen MR) is 133 cm³/mol. The zero-order valence-electron chi connectivity index (χ0n) is 18.2. The molecule has 2 aromatic heterocycles. The molecule has 1 N–H and O–H groups in total. The smallest absolute Gasteiger partial charge is 0.263 e. The fraction of sp³-hybridized carbons (Fsp3) is 0.240. The summed E-state index contributed by atoms with van der Waals surface area (Å²) in [4.78, 5) is 32.4. The summed E-state index contributed by atoms with van der Waals surface area (Å²) in [5, 5.41) is 4.20. The molecular weight excluding hydrogens is 442 g/mol. The summed E-state index contributed by atoms with van der Waals surface area (Å²) in [6, 6.07) is 13.4. The summed E-state index contributed by atoms with van der Waals surface area (Å²) in [6.45, 7) is 5.99. The van der Waals surface area contributed by atoms with Gasteiger partial charge in [0.05, 0.1) is 11.7 Å². The lowest BCUT2D eigenvalue weighted by Gasteiger charge is -2.15. The van der Waals surface area contributed by atoms with Gasteiger partial charge in [0.25, 0.3) is 5.56 Å². The van der Waals surface area contributed by atoms with Crippen molar-refractivity contribution in [2.45, 2.75) is 40.2 Å². The van der Waals surface area contributed by atoms with Gasteiger partial charge in [-0.25, -0.2) is 4.98 Å². The molecule has 1 amide bonds. The number of carbonyl (C=O) groups excluding carboxylic acids is 1. The van der Waals surface area contributed by atoms with Crippen molar-refractivity contribution in [3.63, 3.8) is 0 Å². The molecule has 4 aromatic rings. The van der Waals surface area contributed by atoms with E-state index in [9.17, 15) is 9.59 Å². The van der Waals surface area contributed by atoms with Crippen molar-refractivity contribution in [1.82, 2.24) is 9.55 Å². The van der Waals surface area contributed by atoms with E-state index in [4.69, 9.17) is 11.6 Å². The number of rotatable bonds is 6. The second kappa shape index (κ2) is 9.27. The van der Waals surface area contributed by atoms with E-state index >= 15 is 0 Å². The van der Waals surface area contributed by atoms with Crippen LogP contribution in [-0.2, 0) is 24.2 Å². The molecule has 0 saturated carbocycles. The van der Waals surface area contributed by atoms with Gasteiger partial charge in [-0.1, -0.05) is 55.8 Å². The molecule has 2 aromatic carbocycles. The lowest BCUT2D eigenvalue weighted by molar-refractivity contribution is -0.116. The van der Waals surface area contributed by atoms with Crippen LogP contribution in [0.25, 0.3) is 21.3 Å². The Kier molecular flexibility index (Phi) is 6.44. The van der Waals surface area contributed by atoms with Crippen molar-refractivity contribution in [3.05, 3.63) is 80.2 Å². The second-order valence-electron chi connectivity index (χ2n) is 7.60. The first-order chi connectivity index (χ1) is 15.4. The Morgan fingerprint density at radius 3 is 2.38 bits per heavy atom. The maximum absolute atomic E-state index is 13.4. The summed E-state index contributed by atoms with van der Waals surface area (Å²) in [6.07, 6.45) is 3.09. The van der Waals surface area contributed by atoms with Crippen LogP contribution in [0.5, 0.6) is 0 Å². The first-order valence-corrected chi connectivity index (χ1v) is 11.8. The molecule has 4 rings (SSSR count). The number of nitrogens with zero attached hydrogens (tertiary/aromatic N) is 2. The lowest BCUT2D eigenvalue weighted by Crippen LogP contribution is -2.28. The standard InChI is InChI=1S/C25H24ClN3O2S/c1-4-16-7-6-8-17(5-2)23(16)28-20(30)13-29-14-27-24-22(25(29)31)21(15(3)32-24)18-9-11-19(26)12-10-18/h6-12,14H,4-5,13H2,1-3H3,(H,28,30). The molecule has 2 heterocycles. The number of hydrogen-bond donors (Lipinski definition) is 1. The highest BCUT2D eigenvalue weighted by molar-refractivity contribution is 7.19. The molecule has 0 aliphatic rings. The molecular formula is C25H24ClN3O2S. The summed E-state index contributed by atoms with van der Waals surface area (Å²) in [5.74, 6) is -0.246. The lowest BCUT2D eigenvalue weighted by atomic mass is 10.0. The number of para-hydroxylation sites is 1. The normalized spacial score (nSPS) is 11.1. The molecule has 32 heavy (non-hydrogen) atoms. The molecule has 7 heteroatoms. The van der Waals surface area contributed by atoms with Gasteiger partial charge < -0.3 is 5.32 Å². The number of nitrogens with one attached hydrogen (secondary N) is 1. The van der Waals surface area contributed by atoms with Crippen LogP contribution < -0.4 is 10.9 Å². The maximum atomic E-state index is 13.4. The maximum Gasteiger partial charge on any atom is 0.263 e. The Balaban J connectivity index is 1.70. The highest BCUT2D eigenvalue weighted by atomic mass is 35.5. The first-order valence-electron chi connectivity index (χ1n) is 10.6. The van der Waals surface area contributed by atoms with Crippen molar-refractivity contribution in [2.75, 3.05) is 5.32 Å². The van der Waals surface area contributed by atoms with E-state index in [1.807, 2.05) is 37.3 Å². The number of halogens is 1. The summed E-state index contributed by atoms with van der Waals surface area (Å²) >= 11 is 7.51. The Hall–Kier alpha value is -2.96. The van der Waals surface area contributed by atoms with Crippen LogP contribution in [-0.4, -0.2) is 15.5 Å². The van der Waals surface area contributed by atoms with E-state index in [2.05, 4.69) is 24.1 Å². The predicted octanol–water partition coefficient (Wildman–Crippen LogP) is 5.85. The van der Waals surface area contributed by atoms with E-state index in [1.165, 1.54) is 22.2 Å². The summed E-state index contributed by atoms with van der Waals surface area (Å²) in [7, 11) is 0. The monoisotopic (exact) mass is 465 g/mol. The Bertz CT molecular complexity index is 1330. The Morgan fingerprint density at radius 2 is 1.75 bits per heavy atom. The van der Waals surface area contributed by atoms with Gasteiger partial charge in [-0.15, -0.1) is 11.3 Å². The molecule has 0 radical (unpaired) electrons. The fourth-order valence-electron chi connectivity index (χ4n) is 3.95. The quantitative estimate of drug-likeness (QED) is 0.388. The van der Waals surface area contributed by atoms with Crippen molar-refractivity contribution in [3.8, 4) is 11.1 Å². The van der Waals surface area contributed by atoms with Crippen LogP contribution >= 0.6 is 22.9 Å². The number of carbonyl (C=O) groups is 1. The van der Waals surface area contributed by atoms with E-state index in [1.54, 1.807) is 12.1 Å². The molecule has 0 fully saturated rings. The van der Waals surface area contributed by atoms with Gasteiger partial charge in [0.1, 0.15) is 11.4 Å². The van der Waals surface area contributed by atoms with Crippen molar-refractivity contribution in [1.29, 1.82) is 0 Å². The molecule has 0 unspecified atom stereocenters. The fourth-order valence-corrected chi connectivity index (χ4v) is 5.08. The van der Waals surface area contributed by atoms with Crippen LogP contribution in [0.3, 0.4) is 0 Å². The van der Waals surface area contributed by atoms with E-state index in [0.29, 0.717) is 15.2 Å². The minimum absolute atomic E-state index is 0.0993. The topological polar surface area (TPSA) is 64.0 Å². The Morgan fingerprint density at radius 1 is 1.09 bits per heavy atom. The minimum Gasteiger partial charge on any atom is -0.324 e. The number of aromatic nitrogens is 2. The molecule has 0 bridgehead atoms. The van der Waals surface area contributed by atoms with E-state index in [0.717, 1.165) is 45.7 Å². The number of hydrogen-bond acceptors (Lipinski definition) is 4. The molecule has 0 saturated heterocycles. The van der Waals surface area contributed by atoms with Crippen molar-refractivity contribution < 1.29 is 4.79 Å². The third-order valence-electron chi connectivity index (χ3n) is 5.56. The molecule has 0 aliphatic carbocycles. The zero-order chi connectivity index (χ0) is 22.8. The summed E-state index contributed by atoms with van der Waals surface area (Å²) in [5.41, 5.74) is 4.54. The van der Waals surface area contributed by atoms with Crippen molar-refractivity contribution in [2.24, 2.45) is 0 Å². The number of thiophene rings is 1. The number of aryl methyl sites for hydroxylation is 3. The third kappa shape index (κ3) is 4.20. The third-order valence-corrected chi connectivity index (χ3v) is 6.83. The van der Waals surface area contributed by atoms with Gasteiger partial charge in [0, 0.05) is 21.2 Å². The van der Waals surface area contributed by atoms with E-state index < -0.39 is 0 Å². The molecule has 0 spiro atoms. The number of amides is 1. The molecule has 0 atom stereocenters. The van der Waals surface area contributed by atoms with Gasteiger partial charge in [0.2, 0.25) is 5.91 Å². The van der Waals surface area contributed by atoms with E-state index in [-0.39, 0.29) is 18.0 Å². The van der Waals surface area contributed by atoms with Crippen molar-refractivity contribution >= 4 is 44.7 Å². The highest BCUT2D eigenvalue weighted by Crippen LogP contribution is 2.35. The molecule has 164 valence electrons. The number of benzene rings is 2. The average molecular weight is 466 g/mol. The van der Waals surface area contributed by atoms with Gasteiger partial charge in [-0.3, -0.25) is 14.2 Å². The zero-order valence-corrected chi connectivity index (χ0v) is 19.8. The van der Waals surface area contributed by atoms with Crippen LogP contribution in [0.15, 0.2) is 53.6 Å². The summed E-state index contributed by atoms with van der Waals surface area (Å²) < 4.78 is 1.38. The Labute approximate surface area is 195 Å².